The summed E-state index contributed by atoms with van der Waals surface area (Å²) in [5.41, 5.74) is -0.657. The molecule has 1 aromatic rings. The first kappa shape index (κ1) is 11.3. The van der Waals surface area contributed by atoms with Gasteiger partial charge in [0.2, 0.25) is 0 Å². The molecular formula is C6H5KO4. The number of hydrogen-bond acceptors (Lipinski definition) is 4. The van der Waals surface area contributed by atoms with Gasteiger partial charge in [-0.1, -0.05) is 0 Å². The van der Waals surface area contributed by atoms with Gasteiger partial charge in [0, 0.05) is 6.07 Å². The molecule has 0 saturated heterocycles. The number of rotatable bonds is 1. The van der Waals surface area contributed by atoms with Gasteiger partial charge in [-0.05, 0) is 5.75 Å². The summed E-state index contributed by atoms with van der Waals surface area (Å²) in [6.45, 7) is -0.366. The largest absolute Gasteiger partial charge is 1.00 e. The molecule has 0 amide bonds. The van der Waals surface area contributed by atoms with Crippen LogP contribution in [0.5, 0.6) is 5.75 Å². The standard InChI is InChI=1S/C6H6O4.K/c7-2-4-1-5(8)6(9)3-10-4;/h1,3,7,9H,2H2;/q;+1/p-1. The predicted molar refractivity (Wildman–Crippen MR) is 30.3 cm³/mol. The molecule has 1 heterocycles. The topological polar surface area (TPSA) is 73.5 Å². The van der Waals surface area contributed by atoms with Crippen LogP contribution in [-0.4, -0.2) is 5.11 Å². The Kier molecular flexibility index (Phi) is 5.23. The van der Waals surface area contributed by atoms with E-state index in [9.17, 15) is 9.90 Å². The third kappa shape index (κ3) is 3.06. The van der Waals surface area contributed by atoms with Crippen LogP contribution >= 0.6 is 0 Å². The van der Waals surface area contributed by atoms with Crippen LogP contribution in [0.25, 0.3) is 0 Å². The first-order valence-corrected chi connectivity index (χ1v) is 2.63. The molecule has 0 aliphatic heterocycles. The van der Waals surface area contributed by atoms with E-state index in [4.69, 9.17) is 5.11 Å². The third-order valence-electron chi connectivity index (χ3n) is 1.01. The van der Waals surface area contributed by atoms with E-state index in [1.165, 1.54) is 0 Å². The Hall–Kier alpha value is 0.346. The van der Waals surface area contributed by atoms with Gasteiger partial charge >= 0.3 is 51.4 Å². The molecule has 0 radical (unpaired) electrons. The maximum Gasteiger partial charge on any atom is 1.00 e. The maximum absolute atomic E-state index is 10.5. The van der Waals surface area contributed by atoms with Crippen LogP contribution in [0, 0.1) is 0 Å². The van der Waals surface area contributed by atoms with Crippen molar-refractivity contribution in [1.82, 2.24) is 0 Å². The van der Waals surface area contributed by atoms with Crippen LogP contribution < -0.4 is 61.9 Å². The molecule has 0 aromatic carbocycles. The van der Waals surface area contributed by atoms with Gasteiger partial charge in [-0.3, -0.25) is 4.79 Å². The monoisotopic (exact) mass is 180 g/mol. The number of hydrogen-bond donors (Lipinski definition) is 1. The summed E-state index contributed by atoms with van der Waals surface area (Å²) < 4.78 is 4.53. The van der Waals surface area contributed by atoms with Gasteiger partial charge in [-0.2, -0.15) is 0 Å². The third-order valence-corrected chi connectivity index (χ3v) is 1.01. The molecule has 4 nitrogen and oxygen atoms in total. The average molecular weight is 180 g/mol. The van der Waals surface area contributed by atoms with E-state index in [1.807, 2.05) is 0 Å². The summed E-state index contributed by atoms with van der Waals surface area (Å²) in [6.07, 6.45) is 0.786. The van der Waals surface area contributed by atoms with Crippen molar-refractivity contribution in [2.45, 2.75) is 6.61 Å². The molecule has 1 aromatic heterocycles. The van der Waals surface area contributed by atoms with Crippen molar-refractivity contribution in [2.75, 3.05) is 0 Å². The van der Waals surface area contributed by atoms with E-state index in [2.05, 4.69) is 4.42 Å². The number of aliphatic hydroxyl groups is 1. The molecule has 54 valence electrons. The molecule has 11 heavy (non-hydrogen) atoms. The summed E-state index contributed by atoms with van der Waals surface area (Å²) in [7, 11) is 0. The van der Waals surface area contributed by atoms with Crippen molar-refractivity contribution < 1.29 is 66.0 Å². The molecule has 1 rings (SSSR count). The molecular weight excluding hydrogens is 175 g/mol. The molecule has 0 unspecified atom stereocenters. The molecule has 1 N–H and O–H groups in total. The van der Waals surface area contributed by atoms with Crippen LogP contribution in [0.4, 0.5) is 0 Å². The first-order chi connectivity index (χ1) is 4.74. The first-order valence-electron chi connectivity index (χ1n) is 2.63. The van der Waals surface area contributed by atoms with Crippen LogP contribution in [0.15, 0.2) is 21.5 Å². The Balaban J connectivity index is 0.000001000. The van der Waals surface area contributed by atoms with Gasteiger partial charge in [0.05, 0.1) is 6.26 Å². The van der Waals surface area contributed by atoms with Crippen molar-refractivity contribution in [2.24, 2.45) is 0 Å². The van der Waals surface area contributed by atoms with Crippen molar-refractivity contribution in [3.05, 3.63) is 28.3 Å². The van der Waals surface area contributed by atoms with Crippen molar-refractivity contribution in [3.8, 4) is 5.75 Å². The predicted octanol–water partition coefficient (Wildman–Crippen LogP) is -3.79. The minimum Gasteiger partial charge on any atom is -0.868 e. The van der Waals surface area contributed by atoms with Crippen molar-refractivity contribution in [1.29, 1.82) is 0 Å². The van der Waals surface area contributed by atoms with E-state index in [0.29, 0.717) is 0 Å². The molecule has 0 saturated carbocycles. The molecule has 0 spiro atoms. The molecule has 0 atom stereocenters. The normalized spacial score (nSPS) is 8.82. The summed E-state index contributed by atoms with van der Waals surface area (Å²) in [5.74, 6) is -0.596. The Labute approximate surface area is 105 Å². The Bertz CT molecular complexity index is 280. The van der Waals surface area contributed by atoms with Crippen LogP contribution in [0.1, 0.15) is 5.76 Å². The minimum atomic E-state index is -0.697. The summed E-state index contributed by atoms with van der Waals surface area (Å²) in [5, 5.41) is 18.8. The van der Waals surface area contributed by atoms with Crippen molar-refractivity contribution >= 4 is 0 Å². The SMILES string of the molecule is O=c1cc(CO)occ1[O-].[K+]. The molecule has 0 aliphatic carbocycles. The van der Waals surface area contributed by atoms with E-state index < -0.39 is 11.2 Å². The van der Waals surface area contributed by atoms with Gasteiger partial charge in [-0.25, -0.2) is 0 Å². The van der Waals surface area contributed by atoms with Gasteiger partial charge in [0.25, 0.3) is 0 Å². The summed E-state index contributed by atoms with van der Waals surface area (Å²) >= 11 is 0. The van der Waals surface area contributed by atoms with Gasteiger partial charge in [-0.15, -0.1) is 0 Å². The minimum absolute atomic E-state index is 0. The summed E-state index contributed by atoms with van der Waals surface area (Å²) in [4.78, 5) is 10.5. The van der Waals surface area contributed by atoms with E-state index in [1.54, 1.807) is 0 Å². The van der Waals surface area contributed by atoms with Gasteiger partial charge in [0.15, 0.2) is 5.43 Å². The zero-order valence-corrected chi connectivity index (χ0v) is 9.16. The smallest absolute Gasteiger partial charge is 0.868 e. The van der Waals surface area contributed by atoms with Crippen LogP contribution in [0.2, 0.25) is 0 Å². The Morgan fingerprint density at radius 1 is 1.64 bits per heavy atom. The van der Waals surface area contributed by atoms with Gasteiger partial charge in [0.1, 0.15) is 12.4 Å². The summed E-state index contributed by atoms with van der Waals surface area (Å²) in [6, 6.07) is 0.975. The second kappa shape index (κ2) is 5.07. The maximum atomic E-state index is 10.5. The molecule has 5 heteroatoms. The quantitative estimate of drug-likeness (QED) is 0.450. The average Bonchev–Trinajstić information content (AvgIpc) is 1.95. The molecule has 0 fully saturated rings. The van der Waals surface area contributed by atoms with E-state index in [-0.39, 0.29) is 63.8 Å². The van der Waals surface area contributed by atoms with Crippen molar-refractivity contribution in [3.63, 3.8) is 0 Å². The Morgan fingerprint density at radius 3 is 2.73 bits per heavy atom. The van der Waals surface area contributed by atoms with Crippen LogP contribution in [-0.2, 0) is 6.61 Å². The fraction of sp³-hybridized carbons (Fsp3) is 0.167. The molecule has 0 aliphatic rings. The zero-order chi connectivity index (χ0) is 7.56. The second-order valence-electron chi connectivity index (χ2n) is 1.73. The second-order valence-corrected chi connectivity index (χ2v) is 1.73. The molecule has 0 bridgehead atoms. The fourth-order valence-corrected chi connectivity index (χ4v) is 0.522. The van der Waals surface area contributed by atoms with Crippen LogP contribution in [0.3, 0.4) is 0 Å². The Morgan fingerprint density at radius 2 is 2.27 bits per heavy atom. The fourth-order valence-electron chi connectivity index (χ4n) is 0.522. The zero-order valence-electron chi connectivity index (χ0n) is 6.03. The van der Waals surface area contributed by atoms with E-state index in [0.717, 1.165) is 12.3 Å². The van der Waals surface area contributed by atoms with Gasteiger partial charge < -0.3 is 14.6 Å². The van der Waals surface area contributed by atoms with E-state index >= 15 is 0 Å². The number of aliphatic hydroxyl groups excluding tert-OH is 1.